The monoisotopic (exact) mass is 384 g/mol. The molecule has 8 heteroatoms. The highest BCUT2D eigenvalue weighted by Gasteiger charge is 2.35. The second-order valence-corrected chi connectivity index (χ2v) is 9.05. The van der Waals surface area contributed by atoms with E-state index in [9.17, 15) is 22.7 Å². The SMILES string of the molecule is O=C(NC1CCC(O)CC1)C1CCCN(S(=O)(=O)c2ccccc2F)C1. The number of sulfonamides is 1. The molecule has 0 bridgehead atoms. The smallest absolute Gasteiger partial charge is 0.246 e. The Morgan fingerprint density at radius 1 is 1.15 bits per heavy atom. The number of hydrogen-bond donors (Lipinski definition) is 2. The number of hydrogen-bond acceptors (Lipinski definition) is 4. The van der Waals surface area contributed by atoms with Crippen LogP contribution in [0.2, 0.25) is 0 Å². The quantitative estimate of drug-likeness (QED) is 0.826. The third kappa shape index (κ3) is 4.24. The molecule has 6 nitrogen and oxygen atoms in total. The molecule has 1 unspecified atom stereocenters. The zero-order valence-electron chi connectivity index (χ0n) is 14.6. The molecular weight excluding hydrogens is 359 g/mol. The molecule has 1 aliphatic heterocycles. The lowest BCUT2D eigenvalue weighted by Gasteiger charge is -2.33. The number of nitrogens with one attached hydrogen (secondary N) is 1. The van der Waals surface area contributed by atoms with E-state index < -0.39 is 21.8 Å². The van der Waals surface area contributed by atoms with Crippen LogP contribution in [-0.4, -0.2) is 49.0 Å². The minimum Gasteiger partial charge on any atom is -0.393 e. The van der Waals surface area contributed by atoms with Gasteiger partial charge in [-0.25, -0.2) is 12.8 Å². The summed E-state index contributed by atoms with van der Waals surface area (Å²) in [4.78, 5) is 12.2. The Balaban J connectivity index is 1.65. The van der Waals surface area contributed by atoms with Gasteiger partial charge in [-0.3, -0.25) is 4.79 Å². The molecule has 0 radical (unpaired) electrons. The summed E-state index contributed by atoms with van der Waals surface area (Å²) >= 11 is 0. The van der Waals surface area contributed by atoms with E-state index in [1.165, 1.54) is 22.5 Å². The number of halogens is 1. The Hall–Kier alpha value is -1.51. The van der Waals surface area contributed by atoms with E-state index in [-0.39, 0.29) is 36.0 Å². The molecule has 144 valence electrons. The largest absolute Gasteiger partial charge is 0.393 e. The third-order valence-corrected chi connectivity index (χ3v) is 7.15. The number of carbonyl (C=O) groups is 1. The first-order valence-electron chi connectivity index (χ1n) is 9.11. The zero-order valence-corrected chi connectivity index (χ0v) is 15.4. The predicted molar refractivity (Wildman–Crippen MR) is 94.3 cm³/mol. The standard InChI is InChI=1S/C18H25FN2O4S/c19-16-5-1-2-6-17(16)26(24,25)21-11-3-4-13(12-21)18(23)20-14-7-9-15(22)10-8-14/h1-2,5-6,13-15,22H,3-4,7-12H2,(H,20,23). The lowest BCUT2D eigenvalue weighted by atomic mass is 9.92. The average Bonchev–Trinajstić information content (AvgIpc) is 2.64. The summed E-state index contributed by atoms with van der Waals surface area (Å²) in [5.74, 6) is -1.36. The van der Waals surface area contributed by atoms with Gasteiger partial charge in [-0.05, 0) is 50.7 Å². The fourth-order valence-electron chi connectivity index (χ4n) is 3.71. The lowest BCUT2D eigenvalue weighted by molar-refractivity contribution is -0.127. The summed E-state index contributed by atoms with van der Waals surface area (Å²) < 4.78 is 40.6. The zero-order chi connectivity index (χ0) is 18.7. The van der Waals surface area contributed by atoms with E-state index in [0.29, 0.717) is 25.7 Å². The molecule has 1 amide bonds. The van der Waals surface area contributed by atoms with Crippen molar-refractivity contribution in [3.63, 3.8) is 0 Å². The van der Waals surface area contributed by atoms with Crippen LogP contribution in [0.3, 0.4) is 0 Å². The van der Waals surface area contributed by atoms with E-state index in [1.807, 2.05) is 0 Å². The van der Waals surface area contributed by atoms with Crippen LogP contribution >= 0.6 is 0 Å². The Morgan fingerprint density at radius 2 is 1.85 bits per heavy atom. The van der Waals surface area contributed by atoms with Gasteiger partial charge in [0.15, 0.2) is 0 Å². The van der Waals surface area contributed by atoms with Crippen molar-refractivity contribution in [1.29, 1.82) is 0 Å². The average molecular weight is 384 g/mol. The first-order valence-corrected chi connectivity index (χ1v) is 10.5. The van der Waals surface area contributed by atoms with Gasteiger partial charge in [-0.2, -0.15) is 4.31 Å². The number of amides is 1. The molecule has 1 saturated heterocycles. The molecule has 1 aromatic rings. The summed E-state index contributed by atoms with van der Waals surface area (Å²) in [5.41, 5.74) is 0. The van der Waals surface area contributed by atoms with Gasteiger partial charge in [-0.15, -0.1) is 0 Å². The van der Waals surface area contributed by atoms with Gasteiger partial charge in [0.25, 0.3) is 0 Å². The molecule has 1 aromatic carbocycles. The van der Waals surface area contributed by atoms with Crippen molar-refractivity contribution in [2.24, 2.45) is 5.92 Å². The van der Waals surface area contributed by atoms with Gasteiger partial charge in [-0.1, -0.05) is 12.1 Å². The first kappa shape index (κ1) is 19.3. The van der Waals surface area contributed by atoms with E-state index in [2.05, 4.69) is 5.32 Å². The highest BCUT2D eigenvalue weighted by molar-refractivity contribution is 7.89. The molecule has 1 aliphatic carbocycles. The Labute approximate surface area is 153 Å². The van der Waals surface area contributed by atoms with E-state index >= 15 is 0 Å². The maximum Gasteiger partial charge on any atom is 0.246 e. The van der Waals surface area contributed by atoms with E-state index in [4.69, 9.17) is 0 Å². The normalized spacial score (nSPS) is 27.8. The van der Waals surface area contributed by atoms with E-state index in [1.54, 1.807) is 0 Å². The van der Waals surface area contributed by atoms with Gasteiger partial charge in [0, 0.05) is 19.1 Å². The van der Waals surface area contributed by atoms with Crippen molar-refractivity contribution < 1.29 is 22.7 Å². The van der Waals surface area contributed by atoms with Gasteiger partial charge >= 0.3 is 0 Å². The minimum atomic E-state index is -3.95. The van der Waals surface area contributed by atoms with Gasteiger partial charge in [0.05, 0.1) is 12.0 Å². The Morgan fingerprint density at radius 3 is 2.54 bits per heavy atom. The highest BCUT2D eigenvalue weighted by Crippen LogP contribution is 2.26. The molecular formula is C18H25FN2O4S. The Kier molecular flexibility index (Phi) is 5.94. The van der Waals surface area contributed by atoms with Crippen LogP contribution in [-0.2, 0) is 14.8 Å². The van der Waals surface area contributed by atoms with Crippen molar-refractivity contribution in [2.75, 3.05) is 13.1 Å². The number of carbonyl (C=O) groups excluding carboxylic acids is 1. The second-order valence-electron chi connectivity index (χ2n) is 7.15. The lowest BCUT2D eigenvalue weighted by Crippen LogP contribution is -2.48. The highest BCUT2D eigenvalue weighted by atomic mass is 32.2. The fourth-order valence-corrected chi connectivity index (χ4v) is 5.30. The molecule has 0 aromatic heterocycles. The second kappa shape index (κ2) is 8.02. The number of rotatable bonds is 4. The third-order valence-electron chi connectivity index (χ3n) is 5.25. The van der Waals surface area contributed by atoms with Crippen LogP contribution in [0.25, 0.3) is 0 Å². The van der Waals surface area contributed by atoms with E-state index in [0.717, 1.165) is 18.9 Å². The van der Waals surface area contributed by atoms with Crippen LogP contribution in [0.15, 0.2) is 29.2 Å². The number of aliphatic hydroxyl groups excluding tert-OH is 1. The van der Waals surface area contributed by atoms with Crippen molar-refractivity contribution >= 4 is 15.9 Å². The molecule has 2 fully saturated rings. The van der Waals surface area contributed by atoms with Crippen molar-refractivity contribution in [2.45, 2.75) is 55.6 Å². The molecule has 3 rings (SSSR count). The number of nitrogens with zero attached hydrogens (tertiary/aromatic N) is 1. The fraction of sp³-hybridized carbons (Fsp3) is 0.611. The maximum atomic E-state index is 13.9. The number of piperidine rings is 1. The van der Waals surface area contributed by atoms with Crippen molar-refractivity contribution in [3.8, 4) is 0 Å². The molecule has 1 atom stereocenters. The van der Waals surface area contributed by atoms with Crippen LogP contribution in [0.5, 0.6) is 0 Å². The van der Waals surface area contributed by atoms with Crippen molar-refractivity contribution in [3.05, 3.63) is 30.1 Å². The summed E-state index contributed by atoms with van der Waals surface area (Å²) in [7, 11) is -3.95. The molecule has 26 heavy (non-hydrogen) atoms. The topological polar surface area (TPSA) is 86.7 Å². The Bertz CT molecular complexity index is 747. The van der Waals surface area contributed by atoms with Gasteiger partial charge < -0.3 is 10.4 Å². The predicted octanol–water partition coefficient (Wildman–Crippen LogP) is 1.65. The summed E-state index contributed by atoms with van der Waals surface area (Å²) in [6.07, 6.45) is 3.69. The molecule has 2 aliphatic rings. The van der Waals surface area contributed by atoms with Crippen molar-refractivity contribution in [1.82, 2.24) is 9.62 Å². The molecule has 1 heterocycles. The van der Waals surface area contributed by atoms with Gasteiger partial charge in [0.2, 0.25) is 15.9 Å². The first-order chi connectivity index (χ1) is 12.4. The molecule has 2 N–H and O–H groups in total. The number of aliphatic hydroxyl groups is 1. The maximum absolute atomic E-state index is 13.9. The summed E-state index contributed by atoms with van der Waals surface area (Å²) in [5, 5.41) is 12.5. The van der Waals surface area contributed by atoms with Crippen LogP contribution in [0.1, 0.15) is 38.5 Å². The molecule has 1 saturated carbocycles. The van der Waals surface area contributed by atoms with Gasteiger partial charge in [0.1, 0.15) is 10.7 Å². The summed E-state index contributed by atoms with van der Waals surface area (Å²) in [6, 6.07) is 5.34. The van der Waals surface area contributed by atoms with Crippen LogP contribution in [0.4, 0.5) is 4.39 Å². The molecule has 0 spiro atoms. The van der Waals surface area contributed by atoms with Crippen LogP contribution < -0.4 is 5.32 Å². The minimum absolute atomic E-state index is 0.0319. The summed E-state index contributed by atoms with van der Waals surface area (Å²) in [6.45, 7) is 0.355. The van der Waals surface area contributed by atoms with Crippen LogP contribution in [0, 0.1) is 11.7 Å². The number of benzene rings is 1.